The molecule has 0 aromatic heterocycles. The first-order chi connectivity index (χ1) is 12.9. The molecule has 0 atom stereocenters. The molecule has 5 nitrogen and oxygen atoms in total. The number of halogens is 1. The Balaban J connectivity index is 1.95. The lowest BCUT2D eigenvalue weighted by Crippen LogP contribution is -2.71. The summed E-state index contributed by atoms with van der Waals surface area (Å²) >= 11 is 0. The Morgan fingerprint density at radius 1 is 1.19 bits per heavy atom. The zero-order valence-electron chi connectivity index (χ0n) is 16.6. The highest BCUT2D eigenvalue weighted by Crippen LogP contribution is 2.46. The molecule has 6 heteroatoms. The van der Waals surface area contributed by atoms with E-state index in [0.29, 0.717) is 11.3 Å². The van der Waals surface area contributed by atoms with Crippen LogP contribution in [0.5, 0.6) is 0 Å². The summed E-state index contributed by atoms with van der Waals surface area (Å²) in [6, 6.07) is 2.49. The summed E-state index contributed by atoms with van der Waals surface area (Å²) in [5, 5.41) is 3.00. The lowest BCUT2D eigenvalue weighted by Gasteiger charge is -2.54. The number of quaternary nitrogens is 1. The SMILES string of the molecule is CCOC(=O)c1cc(F)cc(C)c1NC(=O)C1([N+]2(CC)CCCC2)CCC1. The second kappa shape index (κ2) is 7.58. The average Bonchev–Trinajstić information content (AvgIpc) is 3.06. The lowest BCUT2D eigenvalue weighted by molar-refractivity contribution is -0.960. The number of nitrogens with zero attached hydrogens (tertiary/aromatic N) is 1. The number of hydrogen-bond acceptors (Lipinski definition) is 3. The third-order valence-electron chi connectivity index (χ3n) is 6.57. The van der Waals surface area contributed by atoms with Crippen LogP contribution in [0.3, 0.4) is 0 Å². The van der Waals surface area contributed by atoms with E-state index in [4.69, 9.17) is 4.74 Å². The van der Waals surface area contributed by atoms with Gasteiger partial charge in [0.05, 0.1) is 37.5 Å². The summed E-state index contributed by atoms with van der Waals surface area (Å²) in [5.74, 6) is -1.17. The third kappa shape index (κ3) is 3.24. The number of aryl methyl sites for hydroxylation is 1. The monoisotopic (exact) mass is 377 g/mol. The molecule has 1 aromatic carbocycles. The number of amides is 1. The number of ether oxygens (including phenoxy) is 1. The predicted molar refractivity (Wildman–Crippen MR) is 102 cm³/mol. The summed E-state index contributed by atoms with van der Waals surface area (Å²) < 4.78 is 19.8. The van der Waals surface area contributed by atoms with Crippen LogP contribution >= 0.6 is 0 Å². The van der Waals surface area contributed by atoms with E-state index in [1.165, 1.54) is 6.07 Å². The molecule has 0 spiro atoms. The molecule has 2 aliphatic rings. The molecule has 1 saturated carbocycles. The molecule has 1 amide bonds. The predicted octanol–water partition coefficient (Wildman–Crippen LogP) is 3.80. The highest BCUT2D eigenvalue weighted by molar-refractivity contribution is 6.05. The van der Waals surface area contributed by atoms with Gasteiger partial charge in [-0.15, -0.1) is 0 Å². The summed E-state index contributed by atoms with van der Waals surface area (Å²) in [6.45, 7) is 8.74. The maximum absolute atomic E-state index is 13.9. The molecule has 1 aliphatic carbocycles. The van der Waals surface area contributed by atoms with Crippen LogP contribution in [0.4, 0.5) is 10.1 Å². The van der Waals surface area contributed by atoms with Crippen LogP contribution in [0.2, 0.25) is 0 Å². The van der Waals surface area contributed by atoms with E-state index in [1.807, 2.05) is 0 Å². The van der Waals surface area contributed by atoms with Crippen molar-refractivity contribution in [2.75, 3.05) is 31.6 Å². The maximum Gasteiger partial charge on any atom is 0.340 e. The number of esters is 1. The van der Waals surface area contributed by atoms with Gasteiger partial charge >= 0.3 is 5.97 Å². The molecule has 27 heavy (non-hydrogen) atoms. The van der Waals surface area contributed by atoms with Crippen molar-refractivity contribution in [3.8, 4) is 0 Å². The van der Waals surface area contributed by atoms with Crippen LogP contribution < -0.4 is 5.32 Å². The molecule has 3 rings (SSSR count). The highest BCUT2D eigenvalue weighted by Gasteiger charge is 2.60. The first-order valence-electron chi connectivity index (χ1n) is 10.0. The van der Waals surface area contributed by atoms with Crippen molar-refractivity contribution in [1.82, 2.24) is 0 Å². The van der Waals surface area contributed by atoms with Crippen molar-refractivity contribution in [2.24, 2.45) is 0 Å². The molecule has 2 fully saturated rings. The lowest BCUT2D eigenvalue weighted by atomic mass is 9.72. The Labute approximate surface area is 160 Å². The number of hydrogen-bond donors (Lipinski definition) is 1. The zero-order chi connectivity index (χ0) is 19.7. The molecular weight excluding hydrogens is 347 g/mol. The van der Waals surface area contributed by atoms with Gasteiger partial charge in [-0.25, -0.2) is 9.18 Å². The zero-order valence-corrected chi connectivity index (χ0v) is 16.6. The molecule has 1 saturated heterocycles. The van der Waals surface area contributed by atoms with E-state index in [1.54, 1.807) is 13.8 Å². The summed E-state index contributed by atoms with van der Waals surface area (Å²) in [4.78, 5) is 25.8. The quantitative estimate of drug-likeness (QED) is 0.606. The van der Waals surface area contributed by atoms with Gasteiger partial charge in [0.15, 0.2) is 5.54 Å². The number of carbonyl (C=O) groups excluding carboxylic acids is 2. The van der Waals surface area contributed by atoms with Gasteiger partial charge in [-0.1, -0.05) is 0 Å². The number of likely N-dealkylation sites (tertiary alicyclic amines) is 1. The van der Waals surface area contributed by atoms with Crippen LogP contribution in [-0.2, 0) is 9.53 Å². The van der Waals surface area contributed by atoms with Gasteiger partial charge in [-0.2, -0.15) is 0 Å². The fourth-order valence-corrected chi connectivity index (χ4v) is 4.92. The van der Waals surface area contributed by atoms with E-state index in [2.05, 4.69) is 12.2 Å². The van der Waals surface area contributed by atoms with Crippen molar-refractivity contribution in [2.45, 2.75) is 58.4 Å². The van der Waals surface area contributed by atoms with Crippen molar-refractivity contribution >= 4 is 17.6 Å². The summed E-state index contributed by atoms with van der Waals surface area (Å²) in [5.41, 5.74) is 0.560. The average molecular weight is 377 g/mol. The largest absolute Gasteiger partial charge is 0.462 e. The standard InChI is InChI=1S/C21H29FN2O3/c1-4-24(11-6-7-12-24)21(9-8-10-21)20(26)23-18-15(3)13-16(22)14-17(18)19(25)27-5-2/h13-14H,4-12H2,1-3H3/p+1. The molecule has 0 bridgehead atoms. The Bertz CT molecular complexity index is 737. The van der Waals surface area contributed by atoms with Crippen LogP contribution in [0, 0.1) is 12.7 Å². The van der Waals surface area contributed by atoms with Gasteiger partial charge < -0.3 is 14.5 Å². The van der Waals surface area contributed by atoms with Crippen molar-refractivity contribution in [3.05, 3.63) is 29.1 Å². The minimum Gasteiger partial charge on any atom is -0.462 e. The Kier molecular flexibility index (Phi) is 5.56. The van der Waals surface area contributed by atoms with E-state index in [9.17, 15) is 14.0 Å². The Morgan fingerprint density at radius 2 is 1.85 bits per heavy atom. The van der Waals surface area contributed by atoms with Gasteiger partial charge in [0, 0.05) is 25.7 Å². The smallest absolute Gasteiger partial charge is 0.340 e. The molecule has 1 N–H and O–H groups in total. The van der Waals surface area contributed by atoms with Crippen LogP contribution in [0.15, 0.2) is 12.1 Å². The van der Waals surface area contributed by atoms with Crippen LogP contribution in [0.1, 0.15) is 61.9 Å². The minimum atomic E-state index is -0.612. The van der Waals surface area contributed by atoms with Crippen LogP contribution in [-0.4, -0.2) is 48.1 Å². The maximum atomic E-state index is 13.9. The second-order valence-electron chi connectivity index (χ2n) is 7.82. The first kappa shape index (κ1) is 19.8. The van der Waals surface area contributed by atoms with Crippen molar-refractivity contribution in [3.63, 3.8) is 0 Å². The fraction of sp³-hybridized carbons (Fsp3) is 0.619. The summed E-state index contributed by atoms with van der Waals surface area (Å²) in [7, 11) is 0. The van der Waals surface area contributed by atoms with E-state index < -0.39 is 17.3 Å². The minimum absolute atomic E-state index is 0.0437. The number of nitrogens with one attached hydrogen (secondary N) is 1. The Hall–Kier alpha value is -1.95. The van der Waals surface area contributed by atoms with E-state index >= 15 is 0 Å². The number of likely N-dealkylation sites (N-methyl/N-ethyl adjacent to an activating group) is 1. The van der Waals surface area contributed by atoms with Gasteiger partial charge in [0.1, 0.15) is 5.82 Å². The molecule has 148 valence electrons. The number of benzene rings is 1. The van der Waals surface area contributed by atoms with E-state index in [0.717, 1.165) is 62.3 Å². The van der Waals surface area contributed by atoms with E-state index in [-0.39, 0.29) is 18.1 Å². The Morgan fingerprint density at radius 3 is 2.37 bits per heavy atom. The summed E-state index contributed by atoms with van der Waals surface area (Å²) in [6.07, 6.45) is 5.06. The molecular formula is C21H30FN2O3+. The van der Waals surface area contributed by atoms with Gasteiger partial charge in [0.25, 0.3) is 5.91 Å². The number of anilines is 1. The van der Waals surface area contributed by atoms with Gasteiger partial charge in [-0.3, -0.25) is 4.79 Å². The number of rotatable bonds is 6. The van der Waals surface area contributed by atoms with Gasteiger partial charge in [-0.05, 0) is 44.9 Å². The second-order valence-corrected chi connectivity index (χ2v) is 7.82. The highest BCUT2D eigenvalue weighted by atomic mass is 19.1. The van der Waals surface area contributed by atoms with Gasteiger partial charge in [0.2, 0.25) is 0 Å². The van der Waals surface area contributed by atoms with Crippen molar-refractivity contribution < 1.29 is 23.2 Å². The molecule has 0 radical (unpaired) electrons. The van der Waals surface area contributed by atoms with Crippen LogP contribution in [0.25, 0.3) is 0 Å². The normalized spacial score (nSPS) is 20.0. The molecule has 1 heterocycles. The van der Waals surface area contributed by atoms with Crippen molar-refractivity contribution in [1.29, 1.82) is 0 Å². The molecule has 0 unspecified atom stereocenters. The topological polar surface area (TPSA) is 55.4 Å². The first-order valence-corrected chi connectivity index (χ1v) is 10.0. The number of carbonyl (C=O) groups is 2. The molecule has 1 aromatic rings. The fourth-order valence-electron chi connectivity index (χ4n) is 4.92. The third-order valence-corrected chi connectivity index (χ3v) is 6.57. The molecule has 1 aliphatic heterocycles.